The van der Waals surface area contributed by atoms with Gasteiger partial charge in [-0.3, -0.25) is 4.98 Å². The van der Waals surface area contributed by atoms with E-state index in [-0.39, 0.29) is 36.4 Å². The average molecular weight is 417 g/mol. The first-order valence-electron chi connectivity index (χ1n) is 9.04. The summed E-state index contributed by atoms with van der Waals surface area (Å²) in [5, 5.41) is 34.5. The number of aromatic nitrogens is 1. The summed E-state index contributed by atoms with van der Waals surface area (Å²) in [4.78, 5) is 15.8. The zero-order valence-corrected chi connectivity index (χ0v) is 16.2. The van der Waals surface area contributed by atoms with Crippen LogP contribution in [0.5, 0.6) is 5.75 Å². The Labute approximate surface area is 172 Å². The fourth-order valence-electron chi connectivity index (χ4n) is 2.89. The number of aliphatic hydroxyl groups excluding tert-OH is 2. The number of halogens is 1. The van der Waals surface area contributed by atoms with E-state index < -0.39 is 18.3 Å². The van der Waals surface area contributed by atoms with Gasteiger partial charge in [0.15, 0.2) is 0 Å². The zero-order valence-electron chi connectivity index (χ0n) is 15.5. The molecule has 7 nitrogen and oxygen atoms in total. The third-order valence-corrected chi connectivity index (χ3v) is 4.76. The lowest BCUT2D eigenvalue weighted by Gasteiger charge is -2.20. The van der Waals surface area contributed by atoms with Crippen LogP contribution in [0.4, 0.5) is 4.79 Å². The lowest BCUT2D eigenvalue weighted by atomic mass is 9.99. The molecule has 0 saturated carbocycles. The van der Waals surface area contributed by atoms with Crippen molar-refractivity contribution < 1.29 is 24.9 Å². The summed E-state index contributed by atoms with van der Waals surface area (Å²) in [6.45, 7) is 0.209. The molecule has 0 aliphatic heterocycles. The summed E-state index contributed by atoms with van der Waals surface area (Å²) >= 11 is 6.20. The van der Waals surface area contributed by atoms with E-state index in [1.165, 1.54) is 12.3 Å². The minimum Gasteiger partial charge on any atom is -0.505 e. The van der Waals surface area contributed by atoms with Crippen LogP contribution in [0.25, 0.3) is 10.9 Å². The highest BCUT2D eigenvalue weighted by atomic mass is 35.5. The second kappa shape index (κ2) is 9.56. The first-order valence-corrected chi connectivity index (χ1v) is 9.42. The predicted octanol–water partition coefficient (Wildman–Crippen LogP) is 3.30. The number of fused-ring (bicyclic) bond motifs is 1. The van der Waals surface area contributed by atoms with Crippen LogP contribution in [0.2, 0.25) is 5.02 Å². The van der Waals surface area contributed by atoms with Crippen molar-refractivity contribution in [1.29, 1.82) is 0 Å². The summed E-state index contributed by atoms with van der Waals surface area (Å²) in [6, 6.07) is 14.0. The van der Waals surface area contributed by atoms with Gasteiger partial charge in [-0.25, -0.2) is 4.79 Å². The molecule has 29 heavy (non-hydrogen) atoms. The quantitative estimate of drug-likeness (QED) is 0.470. The number of ether oxygens (including phenoxy) is 1. The van der Waals surface area contributed by atoms with Gasteiger partial charge in [-0.1, -0.05) is 41.9 Å². The molecule has 4 N–H and O–H groups in total. The van der Waals surface area contributed by atoms with Crippen LogP contribution in [0.15, 0.2) is 54.7 Å². The SMILES string of the molecule is O=C(NCCC(O)C(O)c1cc(Cl)c2cccnc2c1O)OCc1ccccc1. The van der Waals surface area contributed by atoms with Crippen LogP contribution in [0.1, 0.15) is 23.7 Å². The molecule has 1 aromatic heterocycles. The number of nitrogens with zero attached hydrogens (tertiary/aromatic N) is 1. The van der Waals surface area contributed by atoms with Gasteiger partial charge in [-0.15, -0.1) is 0 Å². The molecular weight excluding hydrogens is 396 g/mol. The third kappa shape index (κ3) is 5.14. The van der Waals surface area contributed by atoms with Gasteiger partial charge in [-0.2, -0.15) is 0 Å². The standard InChI is InChI=1S/C21H21ClN2O5/c22-16-11-15(20(27)18-14(16)7-4-9-23-18)19(26)17(25)8-10-24-21(28)29-12-13-5-2-1-3-6-13/h1-7,9,11,17,19,25-27H,8,10,12H2,(H,24,28). The lowest BCUT2D eigenvalue weighted by Crippen LogP contribution is -2.29. The Bertz CT molecular complexity index is 983. The molecule has 0 fully saturated rings. The largest absolute Gasteiger partial charge is 0.505 e. The highest BCUT2D eigenvalue weighted by Gasteiger charge is 2.24. The van der Waals surface area contributed by atoms with Gasteiger partial charge in [-0.05, 0) is 30.2 Å². The summed E-state index contributed by atoms with van der Waals surface area (Å²) in [7, 11) is 0. The van der Waals surface area contributed by atoms with Gasteiger partial charge < -0.3 is 25.4 Å². The van der Waals surface area contributed by atoms with Gasteiger partial charge in [0.1, 0.15) is 24.0 Å². The van der Waals surface area contributed by atoms with Crippen molar-refractivity contribution in [3.05, 3.63) is 70.9 Å². The number of carbonyl (C=O) groups is 1. The Morgan fingerprint density at radius 1 is 1.17 bits per heavy atom. The van der Waals surface area contributed by atoms with E-state index >= 15 is 0 Å². The summed E-state index contributed by atoms with van der Waals surface area (Å²) in [6.07, 6.45) is -1.74. The number of pyridine rings is 1. The lowest BCUT2D eigenvalue weighted by molar-refractivity contribution is 0.0124. The molecule has 2 atom stereocenters. The van der Waals surface area contributed by atoms with E-state index in [1.807, 2.05) is 30.3 Å². The highest BCUT2D eigenvalue weighted by Crippen LogP contribution is 2.37. The fraction of sp³-hybridized carbons (Fsp3) is 0.238. The van der Waals surface area contributed by atoms with Gasteiger partial charge in [0, 0.05) is 23.7 Å². The maximum atomic E-state index is 11.7. The Balaban J connectivity index is 1.54. The first kappa shape index (κ1) is 20.9. The number of rotatable bonds is 7. The molecule has 0 aliphatic carbocycles. The molecule has 2 unspecified atom stereocenters. The predicted molar refractivity (Wildman–Crippen MR) is 109 cm³/mol. The second-order valence-corrected chi connectivity index (χ2v) is 6.89. The van der Waals surface area contributed by atoms with Crippen molar-refractivity contribution in [2.24, 2.45) is 0 Å². The molecule has 3 aromatic rings. The van der Waals surface area contributed by atoms with E-state index in [4.69, 9.17) is 16.3 Å². The summed E-state index contributed by atoms with van der Waals surface area (Å²) in [5.41, 5.74) is 1.17. The third-order valence-electron chi connectivity index (χ3n) is 4.45. The van der Waals surface area contributed by atoms with Crippen molar-refractivity contribution in [3.63, 3.8) is 0 Å². The maximum Gasteiger partial charge on any atom is 0.407 e. The molecule has 152 valence electrons. The number of hydrogen-bond donors (Lipinski definition) is 4. The van der Waals surface area contributed by atoms with E-state index in [0.717, 1.165) is 5.56 Å². The molecule has 0 saturated heterocycles. The Morgan fingerprint density at radius 3 is 2.69 bits per heavy atom. The fourth-order valence-corrected chi connectivity index (χ4v) is 3.16. The molecule has 0 aliphatic rings. The number of benzene rings is 2. The summed E-state index contributed by atoms with van der Waals surface area (Å²) in [5.74, 6) is -0.244. The number of aliphatic hydroxyl groups is 2. The number of carbonyl (C=O) groups excluding carboxylic acids is 1. The molecule has 3 rings (SSSR count). The van der Waals surface area contributed by atoms with Gasteiger partial charge in [0.05, 0.1) is 11.1 Å². The van der Waals surface area contributed by atoms with E-state index in [0.29, 0.717) is 10.4 Å². The number of aromatic hydroxyl groups is 1. The normalized spacial score (nSPS) is 13.1. The second-order valence-electron chi connectivity index (χ2n) is 6.49. The molecule has 0 bridgehead atoms. The molecule has 0 spiro atoms. The van der Waals surface area contributed by atoms with Crippen LogP contribution in [0.3, 0.4) is 0 Å². The zero-order chi connectivity index (χ0) is 20.8. The molecule has 8 heteroatoms. The van der Waals surface area contributed by atoms with Crippen LogP contribution in [-0.2, 0) is 11.3 Å². The maximum absolute atomic E-state index is 11.7. The highest BCUT2D eigenvalue weighted by molar-refractivity contribution is 6.35. The van der Waals surface area contributed by atoms with Crippen LogP contribution < -0.4 is 5.32 Å². The van der Waals surface area contributed by atoms with E-state index in [2.05, 4.69) is 10.3 Å². The molecular formula is C21H21ClN2O5. The van der Waals surface area contributed by atoms with Crippen LogP contribution in [-0.4, -0.2) is 39.0 Å². The average Bonchev–Trinajstić information content (AvgIpc) is 2.75. The first-order chi connectivity index (χ1) is 14.0. The molecule has 1 heterocycles. The Hall–Kier alpha value is -2.87. The number of alkyl carbamates (subject to hydrolysis) is 1. The number of phenols is 1. The summed E-state index contributed by atoms with van der Waals surface area (Å²) < 4.78 is 5.08. The van der Waals surface area contributed by atoms with Gasteiger partial charge in [0.25, 0.3) is 0 Å². The van der Waals surface area contributed by atoms with Crippen LogP contribution in [0, 0.1) is 0 Å². The smallest absolute Gasteiger partial charge is 0.407 e. The van der Waals surface area contributed by atoms with E-state index in [1.54, 1.807) is 12.1 Å². The number of hydrogen-bond acceptors (Lipinski definition) is 6. The minimum absolute atomic E-state index is 0.0406. The minimum atomic E-state index is -1.40. The number of nitrogens with one attached hydrogen (secondary N) is 1. The molecule has 0 radical (unpaired) electrons. The van der Waals surface area contributed by atoms with Crippen molar-refractivity contribution in [2.45, 2.75) is 25.2 Å². The van der Waals surface area contributed by atoms with Gasteiger partial charge in [0.2, 0.25) is 0 Å². The molecule has 2 aromatic carbocycles. The van der Waals surface area contributed by atoms with Crippen molar-refractivity contribution in [1.82, 2.24) is 10.3 Å². The Morgan fingerprint density at radius 2 is 1.93 bits per heavy atom. The topological polar surface area (TPSA) is 112 Å². The number of amides is 1. The monoisotopic (exact) mass is 416 g/mol. The number of phenolic OH excluding ortho intramolecular Hbond substituents is 1. The van der Waals surface area contributed by atoms with Crippen LogP contribution >= 0.6 is 11.6 Å². The van der Waals surface area contributed by atoms with Crippen molar-refractivity contribution in [3.8, 4) is 5.75 Å². The molecule has 1 amide bonds. The van der Waals surface area contributed by atoms with Crippen molar-refractivity contribution in [2.75, 3.05) is 6.54 Å². The van der Waals surface area contributed by atoms with Crippen molar-refractivity contribution >= 4 is 28.6 Å². The van der Waals surface area contributed by atoms with E-state index in [9.17, 15) is 20.1 Å². The van der Waals surface area contributed by atoms with Gasteiger partial charge >= 0.3 is 6.09 Å². The Kier molecular flexibility index (Phi) is 6.87.